The molecule has 8 heteroatoms. The predicted molar refractivity (Wildman–Crippen MR) is 146 cm³/mol. The molecule has 36 heavy (non-hydrogen) atoms. The summed E-state index contributed by atoms with van der Waals surface area (Å²) in [4.78, 5) is 17.1. The number of carbonyl (C=O) groups is 1. The molecule has 0 atom stereocenters. The van der Waals surface area contributed by atoms with Crippen molar-refractivity contribution >= 4 is 39.8 Å². The van der Waals surface area contributed by atoms with Crippen LogP contribution in [0.25, 0.3) is 11.8 Å². The van der Waals surface area contributed by atoms with Crippen LogP contribution in [0.4, 0.5) is 0 Å². The lowest BCUT2D eigenvalue weighted by Crippen LogP contribution is -2.35. The van der Waals surface area contributed by atoms with Gasteiger partial charge in [0.2, 0.25) is 5.17 Å². The van der Waals surface area contributed by atoms with Crippen LogP contribution in [0.3, 0.4) is 0 Å². The van der Waals surface area contributed by atoms with Crippen molar-refractivity contribution in [2.24, 2.45) is 10.1 Å². The molecule has 2 aromatic carbocycles. The fraction of sp³-hybridized carbons (Fsp3) is 0.214. The van der Waals surface area contributed by atoms with Crippen LogP contribution >= 0.6 is 11.8 Å². The monoisotopic (exact) mass is 497 g/mol. The minimum atomic E-state index is -0.439. The van der Waals surface area contributed by atoms with Gasteiger partial charge < -0.3 is 9.30 Å². The van der Waals surface area contributed by atoms with Crippen LogP contribution in [0, 0.1) is 40.0 Å². The Kier molecular flexibility index (Phi) is 6.14. The number of amidine groups is 2. The molecule has 0 aliphatic carbocycles. The van der Waals surface area contributed by atoms with E-state index in [1.54, 1.807) is 6.08 Å². The summed E-state index contributed by atoms with van der Waals surface area (Å²) in [5.41, 5.74) is 7.62. The van der Waals surface area contributed by atoms with Gasteiger partial charge in [-0.2, -0.15) is 15.1 Å². The standard InChI is InChI=1S/C28H27N5O2S/c1-16-10-17(2)12-22(11-16)32-19(4)13-21(20(32)5)14-23-26(29)33-28(30-27(23)34)36-25(31-33)15-35-24-9-7-6-8-18(24)3/h6-14,29H,15H2,1-5H3/b23-14+,29-26?. The smallest absolute Gasteiger partial charge is 0.283 e. The van der Waals surface area contributed by atoms with Crippen molar-refractivity contribution in [3.8, 4) is 11.4 Å². The van der Waals surface area contributed by atoms with Gasteiger partial charge in [-0.15, -0.1) is 0 Å². The van der Waals surface area contributed by atoms with Crippen LogP contribution in [0.2, 0.25) is 0 Å². The van der Waals surface area contributed by atoms with Gasteiger partial charge in [-0.1, -0.05) is 24.3 Å². The Morgan fingerprint density at radius 3 is 2.47 bits per heavy atom. The SMILES string of the molecule is Cc1cc(C)cc(-n2c(C)cc(/C=C3\C(=N)N4N=C(COc5ccccc5C)SC4=NC3=O)c2C)c1. The minimum Gasteiger partial charge on any atom is -0.486 e. The van der Waals surface area contributed by atoms with E-state index in [0.717, 1.165) is 34.0 Å². The summed E-state index contributed by atoms with van der Waals surface area (Å²) < 4.78 is 8.07. The average Bonchev–Trinajstić information content (AvgIpc) is 3.35. The van der Waals surface area contributed by atoms with Gasteiger partial charge in [-0.05, 0) is 99.0 Å². The number of ether oxygens (including phenoxy) is 1. The quantitative estimate of drug-likeness (QED) is 0.457. The number of carbonyl (C=O) groups excluding carboxylic acids is 1. The normalized spacial score (nSPS) is 16.4. The van der Waals surface area contributed by atoms with Gasteiger partial charge in [-0.3, -0.25) is 10.2 Å². The largest absolute Gasteiger partial charge is 0.486 e. The molecule has 0 unspecified atom stereocenters. The molecule has 0 fully saturated rings. The molecule has 1 N–H and O–H groups in total. The third-order valence-electron chi connectivity index (χ3n) is 6.18. The Labute approximate surface area is 214 Å². The molecule has 1 aromatic heterocycles. The molecule has 0 saturated heterocycles. The van der Waals surface area contributed by atoms with E-state index >= 15 is 0 Å². The molecule has 182 valence electrons. The summed E-state index contributed by atoms with van der Waals surface area (Å²) >= 11 is 1.25. The van der Waals surface area contributed by atoms with Crippen molar-refractivity contribution in [3.05, 3.63) is 87.7 Å². The number of amides is 1. The number of nitrogens with zero attached hydrogens (tertiary/aromatic N) is 4. The molecular formula is C28H27N5O2S. The number of hydrazone groups is 1. The van der Waals surface area contributed by atoms with Crippen LogP contribution < -0.4 is 4.74 Å². The van der Waals surface area contributed by atoms with Gasteiger partial charge >= 0.3 is 0 Å². The van der Waals surface area contributed by atoms with E-state index in [1.807, 2.05) is 51.1 Å². The number of thioether (sulfide) groups is 1. The number of aromatic nitrogens is 1. The Balaban J connectivity index is 1.42. The van der Waals surface area contributed by atoms with Gasteiger partial charge in [0.1, 0.15) is 17.4 Å². The summed E-state index contributed by atoms with van der Waals surface area (Å²) in [5.74, 6) is 0.351. The third kappa shape index (κ3) is 4.40. The summed E-state index contributed by atoms with van der Waals surface area (Å²) in [5, 5.41) is 15.7. The number of aryl methyl sites for hydroxylation is 4. The highest BCUT2D eigenvalue weighted by Crippen LogP contribution is 2.30. The minimum absolute atomic E-state index is 0.0135. The van der Waals surface area contributed by atoms with E-state index in [0.29, 0.717) is 10.2 Å². The second-order valence-electron chi connectivity index (χ2n) is 9.08. The molecule has 3 heterocycles. The topological polar surface area (TPSA) is 83.0 Å². The van der Waals surface area contributed by atoms with Crippen LogP contribution in [0.1, 0.15) is 33.6 Å². The first kappa shape index (κ1) is 23.8. The molecule has 7 nitrogen and oxygen atoms in total. The van der Waals surface area contributed by atoms with E-state index in [-0.39, 0.29) is 18.0 Å². The fourth-order valence-electron chi connectivity index (χ4n) is 4.51. The highest BCUT2D eigenvalue weighted by molar-refractivity contribution is 8.27. The molecule has 0 radical (unpaired) electrons. The van der Waals surface area contributed by atoms with E-state index < -0.39 is 5.91 Å². The van der Waals surface area contributed by atoms with Crippen molar-refractivity contribution in [1.29, 1.82) is 5.41 Å². The van der Waals surface area contributed by atoms with Crippen molar-refractivity contribution in [1.82, 2.24) is 9.58 Å². The second-order valence-corrected chi connectivity index (χ2v) is 10.1. The zero-order chi connectivity index (χ0) is 25.6. The number of aliphatic imine (C=N–C) groups is 1. The van der Waals surface area contributed by atoms with Crippen LogP contribution in [-0.2, 0) is 4.79 Å². The zero-order valence-electron chi connectivity index (χ0n) is 20.9. The van der Waals surface area contributed by atoms with Gasteiger partial charge in [-0.25, -0.2) is 0 Å². The van der Waals surface area contributed by atoms with Gasteiger partial charge in [0, 0.05) is 17.1 Å². The highest BCUT2D eigenvalue weighted by Gasteiger charge is 2.36. The molecule has 0 bridgehead atoms. The van der Waals surface area contributed by atoms with E-state index in [2.05, 4.69) is 46.7 Å². The first-order chi connectivity index (χ1) is 17.2. The lowest BCUT2D eigenvalue weighted by molar-refractivity contribution is -0.114. The average molecular weight is 498 g/mol. The van der Waals surface area contributed by atoms with Crippen LogP contribution in [-0.4, -0.2) is 38.1 Å². The Bertz CT molecular complexity index is 1490. The Hall–Kier alpha value is -3.91. The maximum absolute atomic E-state index is 12.9. The lowest BCUT2D eigenvalue weighted by Gasteiger charge is -2.20. The van der Waals surface area contributed by atoms with Gasteiger partial charge in [0.15, 0.2) is 5.84 Å². The number of fused-ring (bicyclic) bond motifs is 1. The first-order valence-corrected chi connectivity index (χ1v) is 12.5. The highest BCUT2D eigenvalue weighted by atomic mass is 32.2. The van der Waals surface area contributed by atoms with E-state index in [4.69, 9.17) is 10.1 Å². The maximum Gasteiger partial charge on any atom is 0.283 e. The molecule has 1 amide bonds. The lowest BCUT2D eigenvalue weighted by atomic mass is 10.1. The van der Waals surface area contributed by atoms with Gasteiger partial charge in [0.25, 0.3) is 5.91 Å². The molecule has 0 spiro atoms. The molecule has 3 aromatic rings. The molecule has 5 rings (SSSR count). The van der Waals surface area contributed by atoms with Crippen LogP contribution in [0.5, 0.6) is 5.75 Å². The van der Waals surface area contributed by atoms with E-state index in [9.17, 15) is 4.79 Å². The molecule has 2 aliphatic rings. The number of hydrogen-bond acceptors (Lipinski definition) is 5. The summed E-state index contributed by atoms with van der Waals surface area (Å²) in [6.45, 7) is 10.4. The third-order valence-corrected chi connectivity index (χ3v) is 7.06. The summed E-state index contributed by atoms with van der Waals surface area (Å²) in [6, 6.07) is 16.2. The fourth-order valence-corrected chi connectivity index (χ4v) is 5.31. The van der Waals surface area contributed by atoms with Crippen molar-refractivity contribution in [3.63, 3.8) is 0 Å². The van der Waals surface area contributed by atoms with Crippen molar-refractivity contribution in [2.75, 3.05) is 6.61 Å². The number of hydrogen-bond donors (Lipinski definition) is 1. The Morgan fingerprint density at radius 2 is 1.75 bits per heavy atom. The van der Waals surface area contributed by atoms with Gasteiger partial charge in [0.05, 0.1) is 5.57 Å². The summed E-state index contributed by atoms with van der Waals surface area (Å²) in [6.07, 6.45) is 1.74. The molecule has 2 aliphatic heterocycles. The number of para-hydroxylation sites is 1. The number of rotatable bonds is 5. The Morgan fingerprint density at radius 1 is 1.03 bits per heavy atom. The predicted octanol–water partition coefficient (Wildman–Crippen LogP) is 5.72. The first-order valence-electron chi connectivity index (χ1n) is 11.7. The number of benzene rings is 2. The zero-order valence-corrected chi connectivity index (χ0v) is 21.7. The molecule has 0 saturated carbocycles. The number of nitrogens with one attached hydrogen (secondary N) is 1. The van der Waals surface area contributed by atoms with Crippen molar-refractivity contribution < 1.29 is 9.53 Å². The second kappa shape index (κ2) is 9.28. The van der Waals surface area contributed by atoms with Crippen molar-refractivity contribution in [2.45, 2.75) is 34.6 Å². The van der Waals surface area contributed by atoms with Crippen LogP contribution in [0.15, 0.2) is 64.2 Å². The summed E-state index contributed by atoms with van der Waals surface area (Å²) in [7, 11) is 0. The molecular weight excluding hydrogens is 470 g/mol. The maximum atomic E-state index is 12.9. The van der Waals surface area contributed by atoms with E-state index in [1.165, 1.54) is 27.9 Å².